The molecule has 1 unspecified atom stereocenters. The number of rotatable bonds is 3. The highest BCUT2D eigenvalue weighted by molar-refractivity contribution is 7.89. The normalized spacial score (nSPS) is 19.0. The number of sulfonamides is 1. The van der Waals surface area contributed by atoms with Crippen LogP contribution in [0.1, 0.15) is 26.3 Å². The van der Waals surface area contributed by atoms with Crippen LogP contribution in [0.3, 0.4) is 0 Å². The first-order valence-corrected chi connectivity index (χ1v) is 9.84. The Morgan fingerprint density at radius 3 is 2.56 bits per heavy atom. The average molecular weight is 390 g/mol. The van der Waals surface area contributed by atoms with E-state index in [0.717, 1.165) is 9.87 Å². The highest BCUT2D eigenvalue weighted by Crippen LogP contribution is 2.24. The number of amidine groups is 1. The topological polar surface area (TPSA) is 100 Å². The van der Waals surface area contributed by atoms with Crippen LogP contribution in [0.15, 0.2) is 58.5 Å². The molecule has 0 aliphatic carbocycles. The number of fused-ring (bicyclic) bond motifs is 1. The summed E-state index contributed by atoms with van der Waals surface area (Å²) in [6, 6.07) is 6.14. The predicted molar refractivity (Wildman–Crippen MR) is 101 cm³/mol. The molecule has 0 fully saturated rings. The van der Waals surface area contributed by atoms with Gasteiger partial charge in [-0.2, -0.15) is 0 Å². The lowest BCUT2D eigenvalue weighted by Gasteiger charge is -2.26. The number of nitrogens with one attached hydrogen (secondary N) is 2. The molecule has 0 saturated carbocycles. The van der Waals surface area contributed by atoms with Crippen molar-refractivity contribution in [3.05, 3.63) is 54.1 Å². The molecule has 9 heteroatoms. The van der Waals surface area contributed by atoms with E-state index in [1.54, 1.807) is 51.1 Å². The number of carbonyl (C=O) groups is 1. The summed E-state index contributed by atoms with van der Waals surface area (Å²) < 4.78 is 32.1. The van der Waals surface area contributed by atoms with E-state index < -0.39 is 27.8 Å². The fourth-order valence-corrected chi connectivity index (χ4v) is 3.90. The standard InChI is InChI=1S/C18H22N4O4S/c1-12-5-7-13(8-6-12)27(24,25)22-10-9-14-16(22)19-11-15(20-14)21-17(23)26-18(2,3)4/h5-11,14,20H,1-4H3,(H,21,23). The summed E-state index contributed by atoms with van der Waals surface area (Å²) in [6.45, 7) is 7.18. The van der Waals surface area contributed by atoms with Gasteiger partial charge in [0.1, 0.15) is 23.3 Å². The molecular weight excluding hydrogens is 368 g/mol. The number of aryl methyl sites for hydroxylation is 1. The molecular formula is C18H22N4O4S. The van der Waals surface area contributed by atoms with Crippen molar-refractivity contribution in [3.8, 4) is 0 Å². The maximum Gasteiger partial charge on any atom is 0.413 e. The van der Waals surface area contributed by atoms with Gasteiger partial charge in [-0.05, 0) is 45.9 Å². The van der Waals surface area contributed by atoms with Gasteiger partial charge in [0.15, 0.2) is 0 Å². The number of hydrogen-bond donors (Lipinski definition) is 2. The summed E-state index contributed by atoms with van der Waals surface area (Å²) in [7, 11) is -3.76. The van der Waals surface area contributed by atoms with E-state index in [-0.39, 0.29) is 4.90 Å². The predicted octanol–water partition coefficient (Wildman–Crippen LogP) is 2.21. The largest absolute Gasteiger partial charge is 0.444 e. The summed E-state index contributed by atoms with van der Waals surface area (Å²) in [6.07, 6.45) is 3.86. The van der Waals surface area contributed by atoms with E-state index in [4.69, 9.17) is 4.74 Å². The maximum atomic E-state index is 12.9. The van der Waals surface area contributed by atoms with Crippen LogP contribution in [0.5, 0.6) is 0 Å². The van der Waals surface area contributed by atoms with Gasteiger partial charge in [0, 0.05) is 6.20 Å². The quantitative estimate of drug-likeness (QED) is 0.824. The molecule has 1 aromatic carbocycles. The third-order valence-electron chi connectivity index (χ3n) is 3.77. The van der Waals surface area contributed by atoms with Gasteiger partial charge in [-0.3, -0.25) is 5.32 Å². The molecule has 2 heterocycles. The van der Waals surface area contributed by atoms with Gasteiger partial charge in [0.2, 0.25) is 0 Å². The van der Waals surface area contributed by atoms with Crippen LogP contribution in [-0.4, -0.2) is 36.3 Å². The first-order valence-electron chi connectivity index (χ1n) is 8.40. The van der Waals surface area contributed by atoms with Crippen molar-refractivity contribution in [3.63, 3.8) is 0 Å². The number of carbonyl (C=O) groups excluding carboxylic acids is 1. The van der Waals surface area contributed by atoms with Crippen LogP contribution in [0.2, 0.25) is 0 Å². The second-order valence-electron chi connectivity index (χ2n) is 7.23. The van der Waals surface area contributed by atoms with Crippen molar-refractivity contribution < 1.29 is 17.9 Å². The molecule has 1 aromatic rings. The lowest BCUT2D eigenvalue weighted by Crippen LogP contribution is -2.46. The second kappa shape index (κ2) is 6.73. The summed E-state index contributed by atoms with van der Waals surface area (Å²) in [5.74, 6) is 0.641. The van der Waals surface area contributed by atoms with Crippen LogP contribution in [-0.2, 0) is 14.8 Å². The molecule has 0 aromatic heterocycles. The van der Waals surface area contributed by atoms with Crippen molar-refractivity contribution in [2.24, 2.45) is 4.99 Å². The highest BCUT2D eigenvalue weighted by Gasteiger charge is 2.36. The average Bonchev–Trinajstić information content (AvgIpc) is 2.97. The molecule has 27 heavy (non-hydrogen) atoms. The van der Waals surface area contributed by atoms with E-state index in [1.807, 2.05) is 6.92 Å². The van der Waals surface area contributed by atoms with E-state index in [9.17, 15) is 13.2 Å². The molecule has 144 valence electrons. The Labute approximate surface area is 158 Å². The van der Waals surface area contributed by atoms with Crippen molar-refractivity contribution >= 4 is 22.0 Å². The van der Waals surface area contributed by atoms with E-state index in [2.05, 4.69) is 15.6 Å². The van der Waals surface area contributed by atoms with Crippen molar-refractivity contribution in [2.45, 2.75) is 44.2 Å². The fraction of sp³-hybridized carbons (Fsp3) is 0.333. The number of ether oxygens (including phenoxy) is 1. The zero-order valence-electron chi connectivity index (χ0n) is 15.6. The Bertz CT molecular complexity index is 941. The van der Waals surface area contributed by atoms with Crippen LogP contribution >= 0.6 is 0 Å². The maximum absolute atomic E-state index is 12.9. The minimum atomic E-state index is -3.76. The van der Waals surface area contributed by atoms with Crippen molar-refractivity contribution in [1.29, 1.82) is 0 Å². The molecule has 0 saturated heterocycles. The van der Waals surface area contributed by atoms with Gasteiger partial charge in [-0.1, -0.05) is 17.7 Å². The van der Waals surface area contributed by atoms with Crippen LogP contribution < -0.4 is 10.6 Å². The third kappa shape index (κ3) is 4.13. The second-order valence-corrected chi connectivity index (χ2v) is 9.05. The van der Waals surface area contributed by atoms with Gasteiger partial charge in [-0.25, -0.2) is 22.5 Å². The Kier molecular flexibility index (Phi) is 4.73. The Morgan fingerprint density at radius 1 is 1.26 bits per heavy atom. The Balaban J connectivity index is 1.78. The molecule has 0 bridgehead atoms. The first kappa shape index (κ1) is 19.0. The molecule has 2 N–H and O–H groups in total. The van der Waals surface area contributed by atoms with E-state index >= 15 is 0 Å². The minimum absolute atomic E-state index is 0.183. The number of hydrogen-bond acceptors (Lipinski definition) is 6. The van der Waals surface area contributed by atoms with Crippen LogP contribution in [0.4, 0.5) is 4.79 Å². The molecule has 1 amide bonds. The minimum Gasteiger partial charge on any atom is -0.444 e. The summed E-state index contributed by atoms with van der Waals surface area (Å²) >= 11 is 0. The van der Waals surface area contributed by atoms with Gasteiger partial charge >= 0.3 is 6.09 Å². The highest BCUT2D eigenvalue weighted by atomic mass is 32.2. The number of nitrogens with zero attached hydrogens (tertiary/aromatic N) is 2. The van der Waals surface area contributed by atoms with Gasteiger partial charge in [0.25, 0.3) is 10.0 Å². The molecule has 2 aliphatic rings. The summed E-state index contributed by atoms with van der Waals surface area (Å²) in [5, 5.41) is 5.58. The van der Waals surface area contributed by atoms with E-state index in [0.29, 0.717) is 11.7 Å². The summed E-state index contributed by atoms with van der Waals surface area (Å²) in [4.78, 5) is 16.3. The fourth-order valence-electron chi connectivity index (χ4n) is 2.56. The Hall–Kier alpha value is -2.81. The lowest BCUT2D eigenvalue weighted by molar-refractivity contribution is 0.0541. The molecule has 8 nitrogen and oxygen atoms in total. The van der Waals surface area contributed by atoms with Gasteiger partial charge in [0.05, 0.1) is 11.1 Å². The van der Waals surface area contributed by atoms with Crippen LogP contribution in [0, 0.1) is 6.92 Å². The molecule has 0 radical (unpaired) electrons. The SMILES string of the molecule is Cc1ccc(S(=O)(=O)N2C=CC3NC(NC(=O)OC(C)(C)C)=CN=C32)cc1. The zero-order chi connectivity index (χ0) is 19.8. The van der Waals surface area contributed by atoms with E-state index in [1.165, 1.54) is 12.4 Å². The Morgan fingerprint density at radius 2 is 1.93 bits per heavy atom. The van der Waals surface area contributed by atoms with Crippen molar-refractivity contribution in [2.75, 3.05) is 0 Å². The lowest BCUT2D eigenvalue weighted by atomic mass is 10.2. The van der Waals surface area contributed by atoms with Crippen LogP contribution in [0.25, 0.3) is 0 Å². The van der Waals surface area contributed by atoms with Crippen molar-refractivity contribution in [1.82, 2.24) is 14.9 Å². The first-order chi connectivity index (χ1) is 12.6. The number of alkyl carbamates (subject to hydrolysis) is 1. The molecule has 0 spiro atoms. The monoisotopic (exact) mass is 390 g/mol. The number of benzene rings is 1. The summed E-state index contributed by atoms with van der Waals surface area (Å²) in [5.41, 5.74) is 0.348. The smallest absolute Gasteiger partial charge is 0.413 e. The zero-order valence-corrected chi connectivity index (χ0v) is 16.4. The van der Waals surface area contributed by atoms with Gasteiger partial charge < -0.3 is 10.1 Å². The van der Waals surface area contributed by atoms with Gasteiger partial charge in [-0.15, -0.1) is 0 Å². The third-order valence-corrected chi connectivity index (χ3v) is 5.46. The number of amides is 1. The molecule has 2 aliphatic heterocycles. The number of aliphatic imine (C=N–C) groups is 1. The molecule has 1 atom stereocenters. The molecule has 3 rings (SSSR count).